The molecule has 1 aliphatic carbocycles. The Labute approximate surface area is 158 Å². The van der Waals surface area contributed by atoms with Crippen LogP contribution in [0.4, 0.5) is 11.6 Å². The minimum absolute atomic E-state index is 0.00827. The third-order valence-electron chi connectivity index (χ3n) is 4.89. The van der Waals surface area contributed by atoms with Gasteiger partial charge in [-0.25, -0.2) is 0 Å². The lowest BCUT2D eigenvalue weighted by Gasteiger charge is -2.28. The Morgan fingerprint density at radius 1 is 1.15 bits per heavy atom. The average molecular weight is 372 g/mol. The molecule has 4 rings (SSSR count). The van der Waals surface area contributed by atoms with Crippen LogP contribution in [0.25, 0.3) is 0 Å². The van der Waals surface area contributed by atoms with Crippen LogP contribution in [-0.4, -0.2) is 39.0 Å². The number of anilines is 2. The molecule has 0 spiro atoms. The number of hydrogen-bond acceptors (Lipinski definition) is 5. The molecule has 0 unspecified atom stereocenters. The molecule has 6 nitrogen and oxygen atoms in total. The van der Waals surface area contributed by atoms with Crippen LogP contribution < -0.4 is 10.2 Å². The molecule has 2 fully saturated rings. The Hall–Kier alpha value is -2.02. The standard InChI is InChI=1S/C19H25N5OS/c1-14(17(25)20-15-8-4-2-5-9-15)26-19-22-21-18(24(19)16-10-11-16)23-12-6-3-7-13-23/h2,4-5,8-9,14,16H,3,6-7,10-13H2,1H3,(H,20,25)/t14-/m0/s1. The van der Waals surface area contributed by atoms with Crippen LogP contribution in [0.1, 0.15) is 45.1 Å². The molecule has 2 heterocycles. The third kappa shape index (κ3) is 3.87. The largest absolute Gasteiger partial charge is 0.341 e. The molecular formula is C19H25N5OS. The Bertz CT molecular complexity index is 753. The van der Waals surface area contributed by atoms with Crippen LogP contribution >= 0.6 is 11.8 Å². The molecule has 1 aliphatic heterocycles. The number of para-hydroxylation sites is 1. The summed E-state index contributed by atoms with van der Waals surface area (Å²) < 4.78 is 2.27. The van der Waals surface area contributed by atoms with Gasteiger partial charge in [0.1, 0.15) is 0 Å². The quantitative estimate of drug-likeness (QED) is 0.784. The first-order valence-electron chi connectivity index (χ1n) is 9.45. The number of benzene rings is 1. The summed E-state index contributed by atoms with van der Waals surface area (Å²) in [5.74, 6) is 0.983. The van der Waals surface area contributed by atoms with Gasteiger partial charge in [-0.05, 0) is 51.2 Å². The highest BCUT2D eigenvalue weighted by Crippen LogP contribution is 2.42. The van der Waals surface area contributed by atoms with Gasteiger partial charge in [-0.3, -0.25) is 9.36 Å². The summed E-state index contributed by atoms with van der Waals surface area (Å²) in [7, 11) is 0. The molecule has 2 aliphatic rings. The van der Waals surface area contributed by atoms with Crippen molar-refractivity contribution in [2.75, 3.05) is 23.3 Å². The van der Waals surface area contributed by atoms with E-state index in [1.54, 1.807) is 0 Å². The molecule has 0 radical (unpaired) electrons. The number of thioether (sulfide) groups is 1. The lowest BCUT2D eigenvalue weighted by Crippen LogP contribution is -2.32. The van der Waals surface area contributed by atoms with Gasteiger partial charge in [-0.2, -0.15) is 0 Å². The monoisotopic (exact) mass is 371 g/mol. The third-order valence-corrected chi connectivity index (χ3v) is 5.95. The number of rotatable bonds is 6. The summed E-state index contributed by atoms with van der Waals surface area (Å²) in [5, 5.41) is 12.5. The van der Waals surface area contributed by atoms with Crippen molar-refractivity contribution in [3.8, 4) is 0 Å². The molecule has 138 valence electrons. The van der Waals surface area contributed by atoms with Crippen LogP contribution in [0.2, 0.25) is 0 Å². The lowest BCUT2D eigenvalue weighted by atomic mass is 10.1. The molecule has 1 atom stereocenters. The Kier molecular flexibility index (Phi) is 5.15. The maximum absolute atomic E-state index is 12.5. The topological polar surface area (TPSA) is 63.1 Å². The van der Waals surface area contributed by atoms with E-state index < -0.39 is 0 Å². The van der Waals surface area contributed by atoms with Crippen molar-refractivity contribution in [1.29, 1.82) is 0 Å². The maximum atomic E-state index is 12.5. The minimum atomic E-state index is -0.230. The number of nitrogens with zero attached hydrogens (tertiary/aromatic N) is 4. The number of hydrogen-bond donors (Lipinski definition) is 1. The van der Waals surface area contributed by atoms with Crippen LogP contribution in [-0.2, 0) is 4.79 Å². The Morgan fingerprint density at radius 3 is 2.58 bits per heavy atom. The summed E-state index contributed by atoms with van der Waals surface area (Å²) in [6, 6.07) is 10.1. The smallest absolute Gasteiger partial charge is 0.237 e. The van der Waals surface area contributed by atoms with Crippen LogP contribution in [0.15, 0.2) is 35.5 Å². The van der Waals surface area contributed by atoms with E-state index in [1.165, 1.54) is 43.9 Å². The molecule has 1 aromatic heterocycles. The van der Waals surface area contributed by atoms with Crippen molar-refractivity contribution in [3.63, 3.8) is 0 Å². The first-order chi connectivity index (χ1) is 12.7. The van der Waals surface area contributed by atoms with Gasteiger partial charge in [0.2, 0.25) is 11.9 Å². The number of carbonyl (C=O) groups excluding carboxylic acids is 1. The minimum Gasteiger partial charge on any atom is -0.341 e. The first-order valence-corrected chi connectivity index (χ1v) is 10.3. The predicted octanol–water partition coefficient (Wildman–Crippen LogP) is 3.72. The van der Waals surface area contributed by atoms with Gasteiger partial charge >= 0.3 is 0 Å². The maximum Gasteiger partial charge on any atom is 0.237 e. The molecule has 26 heavy (non-hydrogen) atoms. The SMILES string of the molecule is C[C@H](Sc1nnc(N2CCCCC2)n1C1CC1)C(=O)Nc1ccccc1. The number of piperidine rings is 1. The summed E-state index contributed by atoms with van der Waals surface area (Å²) in [4.78, 5) is 14.9. The summed E-state index contributed by atoms with van der Waals surface area (Å²) in [6.07, 6.45) is 6.09. The highest BCUT2D eigenvalue weighted by molar-refractivity contribution is 8.00. The van der Waals surface area contributed by atoms with E-state index in [0.717, 1.165) is 29.9 Å². The fraction of sp³-hybridized carbons (Fsp3) is 0.526. The molecule has 1 saturated carbocycles. The van der Waals surface area contributed by atoms with E-state index >= 15 is 0 Å². The lowest BCUT2D eigenvalue weighted by molar-refractivity contribution is -0.115. The number of carbonyl (C=O) groups is 1. The van der Waals surface area contributed by atoms with Gasteiger partial charge in [0, 0.05) is 24.8 Å². The second-order valence-electron chi connectivity index (χ2n) is 7.05. The second-order valence-corrected chi connectivity index (χ2v) is 8.35. The Balaban J connectivity index is 1.47. The molecule has 1 aromatic carbocycles. The van der Waals surface area contributed by atoms with E-state index in [2.05, 4.69) is 25.0 Å². The van der Waals surface area contributed by atoms with Crippen LogP contribution in [0.3, 0.4) is 0 Å². The molecule has 7 heteroatoms. The molecular weight excluding hydrogens is 346 g/mol. The molecule has 1 N–H and O–H groups in total. The number of amides is 1. The highest BCUT2D eigenvalue weighted by atomic mass is 32.2. The summed E-state index contributed by atoms with van der Waals surface area (Å²) in [6.45, 7) is 4.04. The second kappa shape index (κ2) is 7.70. The van der Waals surface area contributed by atoms with E-state index in [4.69, 9.17) is 0 Å². The molecule has 1 amide bonds. The fourth-order valence-corrected chi connectivity index (χ4v) is 4.20. The van der Waals surface area contributed by atoms with Crippen molar-refractivity contribution in [1.82, 2.24) is 14.8 Å². The molecule has 2 aromatic rings. The van der Waals surface area contributed by atoms with Gasteiger partial charge in [0.15, 0.2) is 5.16 Å². The summed E-state index contributed by atoms with van der Waals surface area (Å²) >= 11 is 1.50. The van der Waals surface area contributed by atoms with Crippen molar-refractivity contribution in [3.05, 3.63) is 30.3 Å². The van der Waals surface area contributed by atoms with Crippen molar-refractivity contribution in [2.24, 2.45) is 0 Å². The zero-order valence-corrected chi connectivity index (χ0v) is 15.9. The first kappa shape index (κ1) is 17.4. The van der Waals surface area contributed by atoms with E-state index in [0.29, 0.717) is 6.04 Å². The van der Waals surface area contributed by atoms with Crippen molar-refractivity contribution < 1.29 is 4.79 Å². The average Bonchev–Trinajstić information content (AvgIpc) is 3.43. The van der Waals surface area contributed by atoms with E-state index in [1.807, 2.05) is 37.3 Å². The number of nitrogens with one attached hydrogen (secondary N) is 1. The van der Waals surface area contributed by atoms with E-state index in [-0.39, 0.29) is 11.2 Å². The fourth-order valence-electron chi connectivity index (χ4n) is 3.29. The van der Waals surface area contributed by atoms with Gasteiger partial charge in [-0.1, -0.05) is 30.0 Å². The van der Waals surface area contributed by atoms with Gasteiger partial charge in [0.25, 0.3) is 0 Å². The normalized spacial score (nSPS) is 18.6. The summed E-state index contributed by atoms with van der Waals surface area (Å²) in [5.41, 5.74) is 0.822. The van der Waals surface area contributed by atoms with Crippen molar-refractivity contribution >= 4 is 29.3 Å². The predicted molar refractivity (Wildman–Crippen MR) is 105 cm³/mol. The van der Waals surface area contributed by atoms with Gasteiger partial charge in [-0.15, -0.1) is 10.2 Å². The zero-order valence-electron chi connectivity index (χ0n) is 15.1. The van der Waals surface area contributed by atoms with Crippen molar-refractivity contribution in [2.45, 2.75) is 55.5 Å². The highest BCUT2D eigenvalue weighted by Gasteiger charge is 2.33. The van der Waals surface area contributed by atoms with Crippen LogP contribution in [0, 0.1) is 0 Å². The molecule has 1 saturated heterocycles. The van der Waals surface area contributed by atoms with E-state index in [9.17, 15) is 4.79 Å². The van der Waals surface area contributed by atoms with Gasteiger partial charge < -0.3 is 10.2 Å². The van der Waals surface area contributed by atoms with Crippen LogP contribution in [0.5, 0.6) is 0 Å². The Morgan fingerprint density at radius 2 is 1.88 bits per heavy atom. The zero-order chi connectivity index (χ0) is 17.9. The van der Waals surface area contributed by atoms with Gasteiger partial charge in [0.05, 0.1) is 5.25 Å². The molecule has 0 bridgehead atoms. The number of aromatic nitrogens is 3.